The van der Waals surface area contributed by atoms with E-state index in [4.69, 9.17) is 4.74 Å². The molecule has 0 heterocycles. The third kappa shape index (κ3) is 5.19. The molecule has 0 radical (unpaired) electrons. The average molecular weight is 628 g/mol. The number of hydrogen-bond donors (Lipinski definition) is 1. The number of carbonyl (C=O) groups excluding carboxylic acids is 1. The first kappa shape index (κ1) is 19.4. The summed E-state index contributed by atoms with van der Waals surface area (Å²) in [6.45, 7) is 3.61. The molecule has 0 fully saturated rings. The van der Waals surface area contributed by atoms with Crippen LogP contribution in [-0.2, 0) is 16.0 Å². The Morgan fingerprint density at radius 2 is 1.86 bits per heavy atom. The van der Waals surface area contributed by atoms with Gasteiger partial charge in [-0.15, -0.1) is 0 Å². The number of carbonyl (C=O) groups is 2. The van der Waals surface area contributed by atoms with Gasteiger partial charge in [-0.05, 0) is 92.2 Å². The van der Waals surface area contributed by atoms with Gasteiger partial charge in [0.2, 0.25) is 0 Å². The molecule has 116 valence electrons. The van der Waals surface area contributed by atoms with Gasteiger partial charge in [0.15, 0.2) is 5.75 Å². The number of halogens is 3. The van der Waals surface area contributed by atoms with Crippen molar-refractivity contribution in [3.8, 4) is 5.75 Å². The minimum absolute atomic E-state index is 0.289. The normalized spacial score (nSPS) is 12.0. The van der Waals surface area contributed by atoms with Crippen molar-refractivity contribution in [1.29, 1.82) is 0 Å². The molecule has 0 saturated heterocycles. The zero-order chi connectivity index (χ0) is 16.2. The first-order valence-electron chi connectivity index (χ1n) is 6.41. The molecule has 0 saturated carbocycles. The van der Waals surface area contributed by atoms with Gasteiger partial charge in [0.1, 0.15) is 0 Å². The lowest BCUT2D eigenvalue weighted by molar-refractivity contribution is -0.141. The predicted molar refractivity (Wildman–Crippen MR) is 106 cm³/mol. The highest BCUT2D eigenvalue weighted by Gasteiger charge is 2.22. The number of hydrogen-bond acceptors (Lipinski definition) is 3. The fourth-order valence-corrected chi connectivity index (χ4v) is 5.76. The van der Waals surface area contributed by atoms with Crippen LogP contribution in [0.15, 0.2) is 6.07 Å². The van der Waals surface area contributed by atoms with E-state index in [1.165, 1.54) is 0 Å². The van der Waals surface area contributed by atoms with Crippen molar-refractivity contribution in [2.45, 2.75) is 33.1 Å². The molecule has 0 amide bonds. The minimum atomic E-state index is -0.797. The second kappa shape index (κ2) is 8.85. The lowest BCUT2D eigenvalue weighted by atomic mass is 9.97. The molecule has 0 bridgehead atoms. The standard InChI is InChI=1S/C14H15I3O4/c1-3-7(14(19)20)5-8-9(15)6-10(16)13(12(8)17)21-11(18)4-2/h6-7H,3-5H2,1-2H3,(H,19,20). The summed E-state index contributed by atoms with van der Waals surface area (Å²) in [5.41, 5.74) is 0.935. The molecule has 0 aromatic heterocycles. The summed E-state index contributed by atoms with van der Waals surface area (Å²) >= 11 is 6.47. The molecule has 0 aliphatic heterocycles. The molecule has 1 unspecified atom stereocenters. The summed E-state index contributed by atoms with van der Waals surface area (Å²) in [4.78, 5) is 22.8. The Balaban J connectivity index is 3.23. The van der Waals surface area contributed by atoms with Crippen molar-refractivity contribution in [2.24, 2.45) is 5.92 Å². The fraction of sp³-hybridized carbons (Fsp3) is 0.429. The summed E-state index contributed by atoms with van der Waals surface area (Å²) in [6, 6.07) is 1.92. The van der Waals surface area contributed by atoms with Crippen LogP contribution in [0.5, 0.6) is 5.75 Å². The van der Waals surface area contributed by atoms with Crippen LogP contribution in [0.1, 0.15) is 32.3 Å². The van der Waals surface area contributed by atoms with Gasteiger partial charge >= 0.3 is 11.9 Å². The lowest BCUT2D eigenvalue weighted by Gasteiger charge is -2.17. The maximum atomic E-state index is 11.5. The molecule has 7 heteroatoms. The maximum absolute atomic E-state index is 11.5. The van der Waals surface area contributed by atoms with Crippen molar-refractivity contribution in [2.75, 3.05) is 0 Å². The monoisotopic (exact) mass is 628 g/mol. The first-order valence-corrected chi connectivity index (χ1v) is 9.65. The van der Waals surface area contributed by atoms with Crippen molar-refractivity contribution in [3.63, 3.8) is 0 Å². The number of benzene rings is 1. The van der Waals surface area contributed by atoms with Crippen LogP contribution in [-0.4, -0.2) is 17.0 Å². The Labute approximate surface area is 164 Å². The van der Waals surface area contributed by atoms with E-state index in [2.05, 4.69) is 67.8 Å². The average Bonchev–Trinajstić information content (AvgIpc) is 2.42. The van der Waals surface area contributed by atoms with Crippen molar-refractivity contribution < 1.29 is 19.4 Å². The van der Waals surface area contributed by atoms with Crippen LogP contribution in [0.3, 0.4) is 0 Å². The van der Waals surface area contributed by atoms with Crippen molar-refractivity contribution in [1.82, 2.24) is 0 Å². The molecule has 0 aliphatic carbocycles. The second-order valence-corrected chi connectivity index (χ2v) is 7.84. The molecule has 0 aliphatic rings. The lowest BCUT2D eigenvalue weighted by Crippen LogP contribution is -2.17. The van der Waals surface area contributed by atoms with Crippen LogP contribution in [0, 0.1) is 16.6 Å². The van der Waals surface area contributed by atoms with Crippen molar-refractivity contribution in [3.05, 3.63) is 22.3 Å². The molecular weight excluding hydrogens is 613 g/mol. The maximum Gasteiger partial charge on any atom is 0.310 e. The Morgan fingerprint density at radius 1 is 1.24 bits per heavy atom. The Kier molecular flexibility index (Phi) is 8.17. The number of ether oxygens (including phenoxy) is 1. The van der Waals surface area contributed by atoms with E-state index in [1.807, 2.05) is 13.0 Å². The van der Waals surface area contributed by atoms with E-state index in [-0.39, 0.29) is 5.97 Å². The number of rotatable bonds is 6. The molecule has 0 spiro atoms. The van der Waals surface area contributed by atoms with Gasteiger partial charge in [0.05, 0.1) is 13.1 Å². The summed E-state index contributed by atoms with van der Waals surface area (Å²) in [6.07, 6.45) is 1.31. The second-order valence-electron chi connectivity index (χ2n) is 4.44. The zero-order valence-electron chi connectivity index (χ0n) is 11.6. The topological polar surface area (TPSA) is 63.6 Å². The zero-order valence-corrected chi connectivity index (χ0v) is 18.1. The molecular formula is C14H15I3O4. The van der Waals surface area contributed by atoms with Gasteiger partial charge in [-0.2, -0.15) is 0 Å². The van der Waals surface area contributed by atoms with Gasteiger partial charge in [0.25, 0.3) is 0 Å². The smallest absolute Gasteiger partial charge is 0.310 e. The van der Waals surface area contributed by atoms with E-state index in [0.717, 1.165) is 16.3 Å². The Bertz CT molecular complexity index is 558. The van der Waals surface area contributed by atoms with Crippen molar-refractivity contribution >= 4 is 79.7 Å². The van der Waals surface area contributed by atoms with E-state index < -0.39 is 11.9 Å². The van der Waals surface area contributed by atoms with E-state index in [0.29, 0.717) is 25.0 Å². The summed E-state index contributed by atoms with van der Waals surface area (Å²) in [7, 11) is 0. The van der Waals surface area contributed by atoms with Crippen LogP contribution in [0.25, 0.3) is 0 Å². The first-order chi connectivity index (χ1) is 9.81. The Morgan fingerprint density at radius 3 is 2.33 bits per heavy atom. The molecule has 1 aromatic rings. The molecule has 21 heavy (non-hydrogen) atoms. The van der Waals surface area contributed by atoms with Crippen LogP contribution >= 0.6 is 67.8 Å². The Hall–Kier alpha value is 0.350. The summed E-state index contributed by atoms with van der Waals surface area (Å²) in [5, 5.41) is 9.23. The number of aliphatic carboxylic acids is 1. The highest BCUT2D eigenvalue weighted by molar-refractivity contribution is 14.1. The van der Waals surface area contributed by atoms with Gasteiger partial charge in [-0.25, -0.2) is 0 Å². The van der Waals surface area contributed by atoms with Gasteiger partial charge < -0.3 is 9.84 Å². The molecule has 1 N–H and O–H groups in total. The third-order valence-corrected chi connectivity index (χ3v) is 5.92. The van der Waals surface area contributed by atoms with Crippen LogP contribution in [0.2, 0.25) is 0 Å². The highest BCUT2D eigenvalue weighted by Crippen LogP contribution is 2.35. The SMILES string of the molecule is CCC(=O)Oc1c(I)cc(I)c(CC(CC)C(=O)O)c1I. The predicted octanol–water partition coefficient (Wildman–Crippen LogP) is 4.47. The highest BCUT2D eigenvalue weighted by atomic mass is 127. The number of carboxylic acid groups (broad SMARTS) is 1. The van der Waals surface area contributed by atoms with Gasteiger partial charge in [-0.1, -0.05) is 13.8 Å². The summed E-state index contributed by atoms with van der Waals surface area (Å²) in [5.74, 6) is -0.974. The van der Waals surface area contributed by atoms with E-state index >= 15 is 0 Å². The van der Waals surface area contributed by atoms with Gasteiger partial charge in [-0.3, -0.25) is 9.59 Å². The minimum Gasteiger partial charge on any atom is -0.481 e. The van der Waals surface area contributed by atoms with Crippen LogP contribution < -0.4 is 4.74 Å². The largest absolute Gasteiger partial charge is 0.481 e. The molecule has 1 rings (SSSR count). The third-order valence-electron chi connectivity index (χ3n) is 3.02. The fourth-order valence-electron chi connectivity index (χ4n) is 1.73. The summed E-state index contributed by atoms with van der Waals surface area (Å²) < 4.78 is 8.07. The van der Waals surface area contributed by atoms with Crippen LogP contribution in [0.4, 0.5) is 0 Å². The molecule has 4 nitrogen and oxygen atoms in total. The van der Waals surface area contributed by atoms with E-state index in [1.54, 1.807) is 6.92 Å². The number of esters is 1. The molecule has 1 aromatic carbocycles. The van der Waals surface area contributed by atoms with Gasteiger partial charge in [0, 0.05) is 9.99 Å². The number of carboxylic acids is 1. The quantitative estimate of drug-likeness (QED) is 0.287. The molecule has 1 atom stereocenters. The van der Waals surface area contributed by atoms with E-state index in [9.17, 15) is 14.7 Å².